The Bertz CT molecular complexity index is 677. The van der Waals surface area contributed by atoms with E-state index in [1.165, 1.54) is 0 Å². The average molecular weight is 389 g/mol. The molecule has 1 heterocycles. The number of likely N-dealkylation sites (tertiary alicyclic amines) is 1. The molecule has 0 radical (unpaired) electrons. The number of nitrogens with two attached hydrogens (primary N) is 1. The molecule has 0 spiro atoms. The Hall–Kier alpha value is -1.92. The number of nitrogens with zero attached hydrogens (tertiary/aromatic N) is 2. The molecule has 156 valence electrons. The quantitative estimate of drug-likeness (QED) is 0.471. The molecule has 28 heavy (non-hydrogen) atoms. The van der Waals surface area contributed by atoms with Crippen LogP contribution in [0.3, 0.4) is 0 Å². The Morgan fingerprint density at radius 1 is 1.39 bits per heavy atom. The Morgan fingerprint density at radius 3 is 2.68 bits per heavy atom. The van der Waals surface area contributed by atoms with E-state index in [9.17, 15) is 9.90 Å². The van der Waals surface area contributed by atoms with Gasteiger partial charge < -0.3 is 21.1 Å². The minimum atomic E-state index is -0.124. The van der Waals surface area contributed by atoms with Crippen LogP contribution in [0.4, 0.5) is 5.69 Å². The second kappa shape index (κ2) is 10.0. The van der Waals surface area contributed by atoms with Gasteiger partial charge in [-0.25, -0.2) is 0 Å². The van der Waals surface area contributed by atoms with Gasteiger partial charge in [-0.05, 0) is 51.8 Å². The molecule has 1 aromatic carbocycles. The lowest BCUT2D eigenvalue weighted by Crippen LogP contribution is -2.43. The van der Waals surface area contributed by atoms with Gasteiger partial charge in [-0.3, -0.25) is 9.79 Å². The largest absolute Gasteiger partial charge is 0.398 e. The Balaban J connectivity index is 1.86. The molecule has 1 saturated heterocycles. The minimum Gasteiger partial charge on any atom is -0.398 e. The van der Waals surface area contributed by atoms with Gasteiger partial charge in [-0.1, -0.05) is 26.0 Å². The van der Waals surface area contributed by atoms with Gasteiger partial charge in [-0.15, -0.1) is 0 Å². The number of rotatable bonds is 8. The van der Waals surface area contributed by atoms with Crippen molar-refractivity contribution in [3.8, 4) is 0 Å². The van der Waals surface area contributed by atoms with Gasteiger partial charge in [0.05, 0.1) is 11.3 Å². The van der Waals surface area contributed by atoms with Crippen molar-refractivity contribution in [2.75, 3.05) is 38.5 Å². The predicted octanol–water partition coefficient (Wildman–Crippen LogP) is 2.56. The predicted molar refractivity (Wildman–Crippen MR) is 116 cm³/mol. The standard InChI is InChI=1S/C22H36N4O2/c1-16(2)24-13-18-6-5-7-19(20(18)23)21(28)25-12-17-8-10-26(11-9-17)14-22(3,4)15-27/h5-7,13,16-17,27H,8-12,14-15,23H2,1-4H3,(H,25,28). The topological polar surface area (TPSA) is 91.0 Å². The number of benzene rings is 1. The zero-order valence-electron chi connectivity index (χ0n) is 17.7. The van der Waals surface area contributed by atoms with E-state index >= 15 is 0 Å². The van der Waals surface area contributed by atoms with Crippen LogP contribution < -0.4 is 11.1 Å². The number of nitrogens with one attached hydrogen (secondary N) is 1. The summed E-state index contributed by atoms with van der Waals surface area (Å²) in [6.45, 7) is 12.0. The molecule has 0 bridgehead atoms. The molecule has 1 fully saturated rings. The van der Waals surface area contributed by atoms with Crippen molar-refractivity contribution in [2.45, 2.75) is 46.6 Å². The number of piperidine rings is 1. The number of aliphatic hydroxyl groups is 1. The van der Waals surface area contributed by atoms with E-state index in [4.69, 9.17) is 5.73 Å². The van der Waals surface area contributed by atoms with Crippen LogP contribution >= 0.6 is 0 Å². The molecule has 4 N–H and O–H groups in total. The molecule has 1 aliphatic rings. The highest BCUT2D eigenvalue weighted by atomic mass is 16.3. The van der Waals surface area contributed by atoms with Gasteiger partial charge in [0.15, 0.2) is 0 Å². The van der Waals surface area contributed by atoms with Gasteiger partial charge in [0.2, 0.25) is 0 Å². The van der Waals surface area contributed by atoms with Crippen LogP contribution in [0.25, 0.3) is 0 Å². The Morgan fingerprint density at radius 2 is 2.07 bits per heavy atom. The fraction of sp³-hybridized carbons (Fsp3) is 0.636. The minimum absolute atomic E-state index is 0.0670. The molecule has 0 aromatic heterocycles. The highest BCUT2D eigenvalue weighted by Crippen LogP contribution is 2.22. The van der Waals surface area contributed by atoms with E-state index in [0.29, 0.717) is 23.7 Å². The lowest BCUT2D eigenvalue weighted by molar-refractivity contribution is 0.0791. The number of aliphatic hydroxyl groups excluding tert-OH is 1. The normalized spacial score (nSPS) is 16.8. The Labute approximate surface area is 169 Å². The van der Waals surface area contributed by atoms with Crippen molar-refractivity contribution in [1.29, 1.82) is 0 Å². The fourth-order valence-electron chi connectivity index (χ4n) is 3.46. The molecule has 2 rings (SSSR count). The lowest BCUT2D eigenvalue weighted by Gasteiger charge is -2.36. The first-order valence-corrected chi connectivity index (χ1v) is 10.2. The summed E-state index contributed by atoms with van der Waals surface area (Å²) in [7, 11) is 0. The number of hydrogen-bond donors (Lipinski definition) is 3. The molecule has 6 heteroatoms. The SMILES string of the molecule is CC(C)N=Cc1cccc(C(=O)NCC2CCN(CC(C)(C)CO)CC2)c1N. The maximum Gasteiger partial charge on any atom is 0.253 e. The fourth-order valence-corrected chi connectivity index (χ4v) is 3.46. The molecular formula is C22H36N4O2. The third-order valence-corrected chi connectivity index (χ3v) is 5.23. The third-order valence-electron chi connectivity index (χ3n) is 5.23. The smallest absolute Gasteiger partial charge is 0.253 e. The highest BCUT2D eigenvalue weighted by molar-refractivity contribution is 6.03. The average Bonchev–Trinajstić information content (AvgIpc) is 2.66. The molecular weight excluding hydrogens is 352 g/mol. The number of anilines is 1. The third kappa shape index (κ3) is 6.60. The van der Waals surface area contributed by atoms with E-state index in [0.717, 1.165) is 38.0 Å². The van der Waals surface area contributed by atoms with Crippen molar-refractivity contribution < 1.29 is 9.90 Å². The van der Waals surface area contributed by atoms with Crippen LogP contribution in [-0.2, 0) is 0 Å². The second-order valence-electron chi connectivity index (χ2n) is 8.93. The summed E-state index contributed by atoms with van der Waals surface area (Å²) in [4.78, 5) is 19.4. The van der Waals surface area contributed by atoms with Crippen LogP contribution in [0.2, 0.25) is 0 Å². The molecule has 0 aliphatic carbocycles. The van der Waals surface area contributed by atoms with Crippen LogP contribution in [0.1, 0.15) is 56.5 Å². The van der Waals surface area contributed by atoms with Crippen molar-refractivity contribution >= 4 is 17.8 Å². The second-order valence-corrected chi connectivity index (χ2v) is 8.93. The zero-order valence-corrected chi connectivity index (χ0v) is 17.7. The van der Waals surface area contributed by atoms with Crippen molar-refractivity contribution in [3.05, 3.63) is 29.3 Å². The summed E-state index contributed by atoms with van der Waals surface area (Å²) in [5, 5.41) is 12.5. The summed E-state index contributed by atoms with van der Waals surface area (Å²) < 4.78 is 0. The van der Waals surface area contributed by atoms with E-state index in [1.54, 1.807) is 12.3 Å². The number of para-hydroxylation sites is 1. The monoisotopic (exact) mass is 388 g/mol. The number of carbonyl (C=O) groups is 1. The van der Waals surface area contributed by atoms with Gasteiger partial charge in [-0.2, -0.15) is 0 Å². The van der Waals surface area contributed by atoms with Crippen LogP contribution in [-0.4, -0.2) is 61.0 Å². The first-order valence-electron chi connectivity index (χ1n) is 10.2. The lowest BCUT2D eigenvalue weighted by atomic mass is 9.91. The molecule has 0 unspecified atom stereocenters. The van der Waals surface area contributed by atoms with Gasteiger partial charge in [0.25, 0.3) is 5.91 Å². The maximum atomic E-state index is 12.6. The molecule has 0 saturated carbocycles. The number of nitrogen functional groups attached to an aromatic ring is 1. The Kier molecular flexibility index (Phi) is 8.01. The van der Waals surface area contributed by atoms with E-state index in [1.807, 2.05) is 26.0 Å². The van der Waals surface area contributed by atoms with E-state index in [2.05, 4.69) is 29.1 Å². The van der Waals surface area contributed by atoms with Gasteiger partial charge in [0, 0.05) is 42.9 Å². The van der Waals surface area contributed by atoms with Gasteiger partial charge >= 0.3 is 0 Å². The van der Waals surface area contributed by atoms with Gasteiger partial charge in [0.1, 0.15) is 0 Å². The first-order chi connectivity index (χ1) is 13.2. The molecule has 1 amide bonds. The number of carbonyl (C=O) groups excluding carboxylic acids is 1. The molecule has 1 aromatic rings. The summed E-state index contributed by atoms with van der Waals surface area (Å²) in [6.07, 6.45) is 3.84. The van der Waals surface area contributed by atoms with Crippen LogP contribution in [0.5, 0.6) is 0 Å². The van der Waals surface area contributed by atoms with E-state index < -0.39 is 0 Å². The number of amides is 1. The van der Waals surface area contributed by atoms with E-state index in [-0.39, 0.29) is 24.0 Å². The molecule has 6 nitrogen and oxygen atoms in total. The summed E-state index contributed by atoms with van der Waals surface area (Å²) in [5.41, 5.74) is 7.89. The first kappa shape index (κ1) is 22.4. The maximum absolute atomic E-state index is 12.6. The highest BCUT2D eigenvalue weighted by Gasteiger charge is 2.25. The molecule has 0 atom stereocenters. The van der Waals surface area contributed by atoms with Crippen LogP contribution in [0, 0.1) is 11.3 Å². The van der Waals surface area contributed by atoms with Crippen LogP contribution in [0.15, 0.2) is 23.2 Å². The summed E-state index contributed by atoms with van der Waals surface area (Å²) in [5.74, 6) is 0.352. The zero-order chi connectivity index (χ0) is 20.7. The van der Waals surface area contributed by atoms with Crippen molar-refractivity contribution in [1.82, 2.24) is 10.2 Å². The molecule has 1 aliphatic heterocycles. The number of hydrogen-bond acceptors (Lipinski definition) is 5. The number of aliphatic imine (C=N–C) groups is 1. The summed E-state index contributed by atoms with van der Waals surface area (Å²) >= 11 is 0. The van der Waals surface area contributed by atoms with Crippen molar-refractivity contribution in [3.63, 3.8) is 0 Å². The summed E-state index contributed by atoms with van der Waals surface area (Å²) in [6, 6.07) is 5.66. The van der Waals surface area contributed by atoms with Crippen molar-refractivity contribution in [2.24, 2.45) is 16.3 Å².